The molecule has 0 N–H and O–H groups in total. The number of aromatic nitrogens is 3. The average molecular weight is 568 g/mol. The third-order valence-corrected chi connectivity index (χ3v) is 10.1. The first kappa shape index (κ1) is 26.5. The predicted molar refractivity (Wildman–Crippen MR) is 183 cm³/mol. The topological polar surface area (TPSA) is 38.7 Å². The molecule has 0 saturated heterocycles. The maximum Gasteiger partial charge on any atom is 0.164 e. The smallest absolute Gasteiger partial charge is 0.164 e. The first-order valence-corrected chi connectivity index (χ1v) is 15.3. The highest BCUT2D eigenvalue weighted by molar-refractivity contribution is 6.11. The van der Waals surface area contributed by atoms with E-state index >= 15 is 0 Å². The summed E-state index contributed by atoms with van der Waals surface area (Å²) < 4.78 is 0. The van der Waals surface area contributed by atoms with Gasteiger partial charge in [-0.3, -0.25) is 0 Å². The van der Waals surface area contributed by atoms with E-state index in [1.54, 1.807) is 0 Å². The van der Waals surface area contributed by atoms with Crippen LogP contribution in [0, 0.1) is 0 Å². The maximum atomic E-state index is 5.03. The third-order valence-electron chi connectivity index (χ3n) is 10.1. The zero-order valence-corrected chi connectivity index (χ0v) is 25.5. The number of rotatable bonds is 3. The van der Waals surface area contributed by atoms with Crippen LogP contribution in [0.5, 0.6) is 0 Å². The van der Waals surface area contributed by atoms with Crippen LogP contribution in [-0.4, -0.2) is 15.0 Å². The van der Waals surface area contributed by atoms with Crippen LogP contribution in [0.15, 0.2) is 127 Å². The van der Waals surface area contributed by atoms with Gasteiger partial charge < -0.3 is 0 Å². The molecule has 44 heavy (non-hydrogen) atoms. The second kappa shape index (κ2) is 9.68. The van der Waals surface area contributed by atoms with Crippen LogP contribution in [0.1, 0.15) is 38.8 Å². The molecule has 3 heteroatoms. The van der Waals surface area contributed by atoms with Gasteiger partial charge >= 0.3 is 0 Å². The highest BCUT2D eigenvalue weighted by Gasteiger charge is 2.46. The van der Waals surface area contributed by atoms with Crippen molar-refractivity contribution in [2.75, 3.05) is 0 Å². The summed E-state index contributed by atoms with van der Waals surface area (Å²) in [6.07, 6.45) is 0. The van der Waals surface area contributed by atoms with Gasteiger partial charge in [0.1, 0.15) is 0 Å². The molecule has 1 aromatic heterocycles. The monoisotopic (exact) mass is 567 g/mol. The lowest BCUT2D eigenvalue weighted by molar-refractivity contribution is 0.301. The average Bonchev–Trinajstić information content (AvgIpc) is 3.07. The molecule has 0 unspecified atom stereocenters. The fourth-order valence-electron chi connectivity index (χ4n) is 7.02. The molecule has 212 valence electrons. The molecule has 0 fully saturated rings. The van der Waals surface area contributed by atoms with Crippen molar-refractivity contribution in [1.29, 1.82) is 0 Å². The van der Waals surface area contributed by atoms with Crippen molar-refractivity contribution in [3.63, 3.8) is 0 Å². The van der Waals surface area contributed by atoms with E-state index in [-0.39, 0.29) is 10.8 Å². The SMILES string of the molecule is CC1(C)c2ccc(-c3nc(-c4ccccc4)nc(-c4ccccc4)n3)cc2-c2ccc3c(ccc4ccccc43)c2C1(C)C. The number of hydrogen-bond acceptors (Lipinski definition) is 3. The lowest BCUT2D eigenvalue weighted by Crippen LogP contribution is -2.43. The number of nitrogens with zero attached hydrogens (tertiary/aromatic N) is 3. The molecule has 8 rings (SSSR count). The molecule has 1 heterocycles. The Morgan fingerprint density at radius 1 is 0.409 bits per heavy atom. The first-order chi connectivity index (χ1) is 21.3. The molecule has 6 aromatic carbocycles. The Morgan fingerprint density at radius 3 is 1.64 bits per heavy atom. The summed E-state index contributed by atoms with van der Waals surface area (Å²) >= 11 is 0. The summed E-state index contributed by atoms with van der Waals surface area (Å²) in [4.78, 5) is 15.0. The molecule has 0 radical (unpaired) electrons. The quantitative estimate of drug-likeness (QED) is 0.199. The van der Waals surface area contributed by atoms with Crippen LogP contribution < -0.4 is 0 Å². The van der Waals surface area contributed by atoms with Gasteiger partial charge in [-0.2, -0.15) is 0 Å². The van der Waals surface area contributed by atoms with Crippen molar-refractivity contribution >= 4 is 21.5 Å². The van der Waals surface area contributed by atoms with E-state index in [2.05, 4.69) is 119 Å². The summed E-state index contributed by atoms with van der Waals surface area (Å²) in [7, 11) is 0. The van der Waals surface area contributed by atoms with E-state index in [1.807, 2.05) is 36.4 Å². The van der Waals surface area contributed by atoms with Crippen LogP contribution in [0.25, 0.3) is 66.8 Å². The van der Waals surface area contributed by atoms with E-state index in [1.165, 1.54) is 43.8 Å². The molecular weight excluding hydrogens is 534 g/mol. The molecule has 0 spiro atoms. The van der Waals surface area contributed by atoms with Crippen molar-refractivity contribution in [3.05, 3.63) is 139 Å². The maximum absolute atomic E-state index is 5.03. The first-order valence-electron chi connectivity index (χ1n) is 15.3. The Balaban J connectivity index is 1.38. The minimum absolute atomic E-state index is 0.104. The van der Waals surface area contributed by atoms with E-state index in [0.29, 0.717) is 17.5 Å². The zero-order chi connectivity index (χ0) is 30.1. The minimum Gasteiger partial charge on any atom is -0.208 e. The molecule has 1 aliphatic rings. The van der Waals surface area contributed by atoms with Gasteiger partial charge in [0, 0.05) is 22.1 Å². The standard InChI is InChI=1S/C41H33N3/c1-40(2)35-24-20-29(39-43-37(27-14-7-5-8-15-27)42-38(44-39)28-16-9-6-10-17-28)25-34(35)33-23-22-31-30-18-12-11-13-26(30)19-21-32(31)36(33)41(40,3)4/h5-25H,1-4H3. The van der Waals surface area contributed by atoms with Crippen LogP contribution in [0.2, 0.25) is 0 Å². The van der Waals surface area contributed by atoms with Gasteiger partial charge in [0.2, 0.25) is 0 Å². The summed E-state index contributed by atoms with van der Waals surface area (Å²) in [5, 5.41) is 5.21. The fourth-order valence-corrected chi connectivity index (χ4v) is 7.02. The number of hydrogen-bond donors (Lipinski definition) is 0. The second-order valence-corrected chi connectivity index (χ2v) is 12.9. The summed E-state index contributed by atoms with van der Waals surface area (Å²) in [5.41, 5.74) is 8.00. The van der Waals surface area contributed by atoms with E-state index in [9.17, 15) is 0 Å². The Hall–Kier alpha value is -5.15. The van der Waals surface area contributed by atoms with Crippen molar-refractivity contribution in [3.8, 4) is 45.3 Å². The number of benzene rings is 6. The zero-order valence-electron chi connectivity index (χ0n) is 25.5. The largest absolute Gasteiger partial charge is 0.208 e. The molecule has 1 aliphatic carbocycles. The highest BCUT2D eigenvalue weighted by atomic mass is 15.0. The lowest BCUT2D eigenvalue weighted by atomic mass is 9.54. The summed E-state index contributed by atoms with van der Waals surface area (Å²) in [6, 6.07) is 45.1. The Kier molecular flexibility index (Phi) is 5.83. The molecule has 0 saturated carbocycles. The normalized spacial score (nSPS) is 14.7. The van der Waals surface area contributed by atoms with Crippen LogP contribution in [0.4, 0.5) is 0 Å². The van der Waals surface area contributed by atoms with Crippen molar-refractivity contribution in [1.82, 2.24) is 15.0 Å². The minimum atomic E-state index is -0.114. The molecule has 3 nitrogen and oxygen atoms in total. The van der Waals surface area contributed by atoms with Crippen LogP contribution in [-0.2, 0) is 10.8 Å². The summed E-state index contributed by atoms with van der Waals surface area (Å²) in [5.74, 6) is 2.02. The van der Waals surface area contributed by atoms with E-state index in [0.717, 1.165) is 16.7 Å². The van der Waals surface area contributed by atoms with Gasteiger partial charge in [-0.05, 0) is 55.3 Å². The molecule has 0 amide bonds. The fraction of sp³-hybridized carbons (Fsp3) is 0.146. The molecule has 0 atom stereocenters. The second-order valence-electron chi connectivity index (χ2n) is 12.9. The lowest BCUT2D eigenvalue weighted by Gasteiger charge is -2.49. The van der Waals surface area contributed by atoms with Crippen molar-refractivity contribution in [2.24, 2.45) is 0 Å². The van der Waals surface area contributed by atoms with Gasteiger partial charge in [-0.1, -0.05) is 149 Å². The third kappa shape index (κ3) is 3.92. The van der Waals surface area contributed by atoms with Crippen LogP contribution >= 0.6 is 0 Å². The van der Waals surface area contributed by atoms with Gasteiger partial charge in [0.15, 0.2) is 17.5 Å². The van der Waals surface area contributed by atoms with Crippen molar-refractivity contribution in [2.45, 2.75) is 38.5 Å². The highest BCUT2D eigenvalue weighted by Crippen LogP contribution is 2.56. The summed E-state index contributed by atoms with van der Waals surface area (Å²) in [6.45, 7) is 9.58. The van der Waals surface area contributed by atoms with Crippen molar-refractivity contribution < 1.29 is 0 Å². The van der Waals surface area contributed by atoms with Gasteiger partial charge in [-0.15, -0.1) is 0 Å². The predicted octanol–water partition coefficient (Wildman–Crippen LogP) is 10.4. The molecule has 0 bridgehead atoms. The Labute approximate surface area is 258 Å². The van der Waals surface area contributed by atoms with Gasteiger partial charge in [0.05, 0.1) is 0 Å². The van der Waals surface area contributed by atoms with E-state index in [4.69, 9.17) is 15.0 Å². The molecule has 7 aromatic rings. The van der Waals surface area contributed by atoms with Gasteiger partial charge in [0.25, 0.3) is 0 Å². The number of fused-ring (bicyclic) bond motifs is 7. The Bertz CT molecular complexity index is 2160. The molecular formula is C41H33N3. The Morgan fingerprint density at radius 2 is 0.977 bits per heavy atom. The molecule has 0 aliphatic heterocycles. The van der Waals surface area contributed by atoms with E-state index < -0.39 is 0 Å². The van der Waals surface area contributed by atoms with Gasteiger partial charge in [-0.25, -0.2) is 15.0 Å². The van der Waals surface area contributed by atoms with Crippen LogP contribution in [0.3, 0.4) is 0 Å².